The van der Waals surface area contributed by atoms with Crippen LogP contribution < -0.4 is 5.32 Å². The molecule has 2 aromatic heterocycles. The fourth-order valence-corrected chi connectivity index (χ4v) is 4.22. The maximum absolute atomic E-state index is 12.9. The third-order valence-corrected chi connectivity index (χ3v) is 5.65. The van der Waals surface area contributed by atoms with Crippen molar-refractivity contribution in [2.45, 2.75) is 42.8 Å². The van der Waals surface area contributed by atoms with Crippen LogP contribution in [0.4, 0.5) is 0 Å². The van der Waals surface area contributed by atoms with Crippen molar-refractivity contribution in [3.8, 4) is 0 Å². The second-order valence-electron chi connectivity index (χ2n) is 6.56. The van der Waals surface area contributed by atoms with Crippen LogP contribution in [0.25, 0.3) is 5.52 Å². The monoisotopic (exact) mass is 379 g/mol. The SMILES string of the molecule is COC(=O)C1(NC(=O)c2nc(S(C)(=O)=O)n3ccccc23)CCCCC1. The number of aromatic nitrogens is 2. The Balaban J connectivity index is 2.04. The first-order valence-electron chi connectivity index (χ1n) is 8.36. The Morgan fingerprint density at radius 3 is 2.54 bits per heavy atom. The van der Waals surface area contributed by atoms with Crippen LogP contribution in [0, 0.1) is 0 Å². The van der Waals surface area contributed by atoms with E-state index in [0.29, 0.717) is 18.4 Å². The van der Waals surface area contributed by atoms with Crippen LogP contribution in [0.1, 0.15) is 42.6 Å². The molecule has 0 spiro atoms. The van der Waals surface area contributed by atoms with Crippen molar-refractivity contribution in [2.75, 3.05) is 13.4 Å². The molecule has 140 valence electrons. The number of ether oxygens (including phenoxy) is 1. The Hall–Kier alpha value is -2.42. The number of hydrogen-bond donors (Lipinski definition) is 1. The predicted molar refractivity (Wildman–Crippen MR) is 93.6 cm³/mol. The normalized spacial score (nSPS) is 17.0. The maximum atomic E-state index is 12.9. The van der Waals surface area contributed by atoms with E-state index in [0.717, 1.165) is 25.5 Å². The summed E-state index contributed by atoms with van der Waals surface area (Å²) in [6, 6.07) is 4.96. The Morgan fingerprint density at radius 2 is 1.92 bits per heavy atom. The number of carbonyl (C=O) groups is 2. The maximum Gasteiger partial charge on any atom is 0.331 e. The molecule has 26 heavy (non-hydrogen) atoms. The smallest absolute Gasteiger partial charge is 0.331 e. The molecular formula is C17H21N3O5S. The van der Waals surface area contributed by atoms with Crippen LogP contribution in [-0.4, -0.2) is 48.6 Å². The minimum Gasteiger partial charge on any atom is -0.467 e. The number of hydrogen-bond acceptors (Lipinski definition) is 6. The van der Waals surface area contributed by atoms with Gasteiger partial charge in [-0.2, -0.15) is 0 Å². The first-order chi connectivity index (χ1) is 12.3. The molecule has 0 atom stereocenters. The molecule has 0 bridgehead atoms. The van der Waals surface area contributed by atoms with Gasteiger partial charge in [0.25, 0.3) is 5.91 Å². The number of imidazole rings is 1. The minimum absolute atomic E-state index is 0.0279. The van der Waals surface area contributed by atoms with Crippen LogP contribution in [0.2, 0.25) is 0 Å². The van der Waals surface area contributed by atoms with Gasteiger partial charge in [-0.25, -0.2) is 18.2 Å². The van der Waals surface area contributed by atoms with Gasteiger partial charge < -0.3 is 10.1 Å². The average Bonchev–Trinajstić information content (AvgIpc) is 3.02. The molecule has 0 saturated heterocycles. The highest BCUT2D eigenvalue weighted by atomic mass is 32.2. The van der Waals surface area contributed by atoms with Gasteiger partial charge in [0, 0.05) is 12.5 Å². The highest BCUT2D eigenvalue weighted by Crippen LogP contribution is 2.30. The van der Waals surface area contributed by atoms with Gasteiger partial charge in [-0.05, 0) is 25.0 Å². The molecule has 1 N–H and O–H groups in total. The first-order valence-corrected chi connectivity index (χ1v) is 10.3. The average molecular weight is 379 g/mol. The third kappa shape index (κ3) is 3.18. The molecule has 1 aliphatic rings. The molecule has 1 aliphatic carbocycles. The van der Waals surface area contributed by atoms with E-state index in [9.17, 15) is 18.0 Å². The van der Waals surface area contributed by atoms with Crippen molar-refractivity contribution < 1.29 is 22.7 Å². The molecule has 8 nitrogen and oxygen atoms in total. The van der Waals surface area contributed by atoms with Gasteiger partial charge in [0.1, 0.15) is 5.54 Å². The van der Waals surface area contributed by atoms with Gasteiger partial charge in [-0.3, -0.25) is 9.20 Å². The number of fused-ring (bicyclic) bond motifs is 1. The molecular weight excluding hydrogens is 358 g/mol. The van der Waals surface area contributed by atoms with Crippen LogP contribution in [0.3, 0.4) is 0 Å². The molecule has 0 radical (unpaired) electrons. The van der Waals surface area contributed by atoms with Crippen molar-refractivity contribution in [3.63, 3.8) is 0 Å². The Kier molecular flexibility index (Phi) is 4.74. The summed E-state index contributed by atoms with van der Waals surface area (Å²) in [5.41, 5.74) is -0.763. The lowest BCUT2D eigenvalue weighted by molar-refractivity contribution is -0.149. The summed E-state index contributed by atoms with van der Waals surface area (Å²) in [7, 11) is -2.34. The number of nitrogens with zero attached hydrogens (tertiary/aromatic N) is 2. The Labute approximate surface area is 151 Å². The summed E-state index contributed by atoms with van der Waals surface area (Å²) in [5, 5.41) is 2.56. The molecule has 2 aromatic rings. The Morgan fingerprint density at radius 1 is 1.23 bits per heavy atom. The van der Waals surface area contributed by atoms with Crippen molar-refractivity contribution in [1.82, 2.24) is 14.7 Å². The second-order valence-corrected chi connectivity index (χ2v) is 8.47. The van der Waals surface area contributed by atoms with E-state index >= 15 is 0 Å². The number of rotatable bonds is 4. The van der Waals surface area contributed by atoms with Crippen LogP contribution in [0.15, 0.2) is 29.6 Å². The zero-order valence-electron chi connectivity index (χ0n) is 14.7. The van der Waals surface area contributed by atoms with E-state index < -0.39 is 27.3 Å². The van der Waals surface area contributed by atoms with E-state index in [-0.39, 0.29) is 10.9 Å². The molecule has 9 heteroatoms. The molecule has 2 heterocycles. The zero-order valence-corrected chi connectivity index (χ0v) is 15.5. The van der Waals surface area contributed by atoms with Gasteiger partial charge in [-0.15, -0.1) is 0 Å². The standard InChI is InChI=1S/C17H21N3O5S/c1-25-15(22)17(9-5-3-6-10-17)19-14(21)13-12-8-4-7-11-20(12)16(18-13)26(2,23)24/h4,7-8,11H,3,5-6,9-10H2,1-2H3,(H,19,21). The van der Waals surface area contributed by atoms with E-state index in [4.69, 9.17) is 4.74 Å². The molecule has 1 saturated carbocycles. The van der Waals surface area contributed by atoms with Crippen molar-refractivity contribution in [1.29, 1.82) is 0 Å². The topological polar surface area (TPSA) is 107 Å². The lowest BCUT2D eigenvalue weighted by atomic mass is 9.81. The van der Waals surface area contributed by atoms with Crippen LogP contribution in [-0.2, 0) is 19.4 Å². The number of methoxy groups -OCH3 is 1. The predicted octanol–water partition coefficient (Wildman–Crippen LogP) is 1.34. The highest BCUT2D eigenvalue weighted by molar-refractivity contribution is 7.90. The highest BCUT2D eigenvalue weighted by Gasteiger charge is 2.42. The van der Waals surface area contributed by atoms with Gasteiger partial charge in [-0.1, -0.05) is 25.3 Å². The molecule has 0 aromatic carbocycles. The number of amides is 1. The van der Waals surface area contributed by atoms with E-state index in [1.54, 1.807) is 18.2 Å². The fraction of sp³-hybridized carbons (Fsp3) is 0.471. The van der Waals surface area contributed by atoms with Crippen molar-refractivity contribution in [2.24, 2.45) is 0 Å². The minimum atomic E-state index is -3.63. The second kappa shape index (κ2) is 6.71. The van der Waals surface area contributed by atoms with Crippen LogP contribution in [0.5, 0.6) is 0 Å². The summed E-state index contributed by atoms with van der Waals surface area (Å²) in [6.45, 7) is 0. The summed E-state index contributed by atoms with van der Waals surface area (Å²) < 4.78 is 30.3. The zero-order chi connectivity index (χ0) is 18.9. The molecule has 0 unspecified atom stereocenters. The fourth-order valence-electron chi connectivity index (χ4n) is 3.45. The number of sulfone groups is 1. The number of carbonyl (C=O) groups excluding carboxylic acids is 2. The number of nitrogens with one attached hydrogen (secondary N) is 1. The van der Waals surface area contributed by atoms with Gasteiger partial charge in [0.05, 0.1) is 12.6 Å². The van der Waals surface area contributed by atoms with Gasteiger partial charge in [0.2, 0.25) is 15.0 Å². The summed E-state index contributed by atoms with van der Waals surface area (Å²) >= 11 is 0. The van der Waals surface area contributed by atoms with Crippen LogP contribution >= 0.6 is 0 Å². The molecule has 1 fully saturated rings. The number of esters is 1. The lowest BCUT2D eigenvalue weighted by Gasteiger charge is -2.34. The number of pyridine rings is 1. The summed E-state index contributed by atoms with van der Waals surface area (Å²) in [6.07, 6.45) is 6.12. The largest absolute Gasteiger partial charge is 0.467 e. The third-order valence-electron chi connectivity index (χ3n) is 4.70. The van der Waals surface area contributed by atoms with Gasteiger partial charge >= 0.3 is 5.97 Å². The molecule has 0 aliphatic heterocycles. The quantitative estimate of drug-likeness (QED) is 0.804. The van der Waals surface area contributed by atoms with Crippen molar-refractivity contribution in [3.05, 3.63) is 30.1 Å². The van der Waals surface area contributed by atoms with E-state index in [1.807, 2.05) is 0 Å². The molecule has 3 rings (SSSR count). The van der Waals surface area contributed by atoms with E-state index in [2.05, 4.69) is 10.3 Å². The summed E-state index contributed by atoms with van der Waals surface area (Å²) in [5.74, 6) is -1.08. The van der Waals surface area contributed by atoms with E-state index in [1.165, 1.54) is 17.7 Å². The summed E-state index contributed by atoms with van der Waals surface area (Å²) in [4.78, 5) is 29.3. The molecule has 1 amide bonds. The Bertz CT molecular complexity index is 958. The first kappa shape index (κ1) is 18.4. The lowest BCUT2D eigenvalue weighted by Crippen LogP contribution is -2.56. The van der Waals surface area contributed by atoms with Gasteiger partial charge in [0.15, 0.2) is 5.69 Å². The van der Waals surface area contributed by atoms with Crippen molar-refractivity contribution >= 4 is 27.2 Å².